The molecule has 26 heteroatoms. The van der Waals surface area contributed by atoms with Gasteiger partial charge in [-0.05, 0) is 0 Å². The van der Waals surface area contributed by atoms with E-state index in [-0.39, 0.29) is 52.8 Å². The zero-order valence-corrected chi connectivity index (χ0v) is 25.2. The highest BCUT2D eigenvalue weighted by Gasteiger charge is 2.52. The van der Waals surface area contributed by atoms with Gasteiger partial charge in [0, 0.05) is 6.42 Å². The van der Waals surface area contributed by atoms with Gasteiger partial charge in [0.2, 0.25) is 5.95 Å². The number of imidazole rings is 2. The molecule has 23 nitrogen and oxygen atoms in total. The largest absolute Gasteiger partial charge is 0.472 e. The first-order valence-corrected chi connectivity index (χ1v) is 15.8. The molecule has 3 aliphatic rings. The van der Waals surface area contributed by atoms with Crippen LogP contribution >= 0.6 is 15.6 Å². The van der Waals surface area contributed by atoms with Crippen LogP contribution in [-0.4, -0.2) is 92.6 Å². The first kappa shape index (κ1) is 33.8. The highest BCUT2D eigenvalue weighted by molar-refractivity contribution is 7.47. The van der Waals surface area contributed by atoms with Gasteiger partial charge in [-0.3, -0.25) is 37.0 Å². The van der Waals surface area contributed by atoms with E-state index in [1.165, 1.54) is 17.2 Å². The summed E-state index contributed by atoms with van der Waals surface area (Å²) in [6.07, 6.45) is -7.26. The molecular formula is C20H29FN12O11P2. The van der Waals surface area contributed by atoms with E-state index in [9.17, 15) is 23.7 Å². The minimum atomic E-state index is -5.01. The molecule has 3 fully saturated rings. The van der Waals surface area contributed by atoms with Crippen molar-refractivity contribution in [1.29, 1.82) is 0 Å². The van der Waals surface area contributed by atoms with Crippen LogP contribution in [0.4, 0.5) is 16.2 Å². The Kier molecular flexibility index (Phi) is 9.02. The summed E-state index contributed by atoms with van der Waals surface area (Å²) in [5.74, 6) is -0.215. The summed E-state index contributed by atoms with van der Waals surface area (Å²) in [6, 6.07) is 0. The zero-order valence-electron chi connectivity index (χ0n) is 23.4. The Morgan fingerprint density at radius 2 is 1.57 bits per heavy atom. The van der Waals surface area contributed by atoms with Crippen LogP contribution in [0.2, 0.25) is 0 Å². The molecule has 7 heterocycles. The Bertz CT molecular complexity index is 1910. The van der Waals surface area contributed by atoms with Crippen molar-refractivity contribution in [3.05, 3.63) is 29.3 Å². The lowest BCUT2D eigenvalue weighted by molar-refractivity contribution is -0.0668. The molecule has 2 unspecified atom stereocenters. The standard InChI is InChI=1S/C20H23FN10O11P2.2H3N/c21-10-13-9(40-19(10)30-5-26-11-14(22)24-4-25-15(11)30)3-38-43(33,34)41-8-1-7(2-37-44(35,36)42-13)39-18(8)31-6-27-12-16(31)28-20(23)29-17(12)32;;/h4-10,13,18-19H,1-3H2,(H,33,34)(H,35,36)(H2,22,24,25)(H3,23,28,29,32);2*1H3/t7-,8+,9+,10-,13+,18+,19+;;/m0../s1. The Morgan fingerprint density at radius 3 is 2.33 bits per heavy atom. The molecule has 4 aromatic rings. The van der Waals surface area contributed by atoms with Gasteiger partial charge in [0.1, 0.15) is 30.2 Å². The van der Waals surface area contributed by atoms with Gasteiger partial charge >= 0.3 is 15.6 Å². The molecule has 0 aromatic carbocycles. The molecule has 252 valence electrons. The van der Waals surface area contributed by atoms with Crippen molar-refractivity contribution in [2.24, 2.45) is 0 Å². The van der Waals surface area contributed by atoms with Crippen molar-refractivity contribution in [3.63, 3.8) is 0 Å². The topological polar surface area (TPSA) is 359 Å². The quantitative estimate of drug-likeness (QED) is 0.136. The molecule has 7 rings (SSSR count). The maximum absolute atomic E-state index is 15.9. The number of aromatic nitrogens is 8. The summed E-state index contributed by atoms with van der Waals surface area (Å²) in [7, 11) is -9.96. The molecule has 0 radical (unpaired) electrons. The molecule has 0 saturated carbocycles. The molecule has 0 aliphatic carbocycles. The van der Waals surface area contributed by atoms with Gasteiger partial charge in [-0.2, -0.15) is 4.98 Å². The van der Waals surface area contributed by atoms with Crippen LogP contribution in [0, 0.1) is 0 Å². The fourth-order valence-corrected chi connectivity index (χ4v) is 7.16. The molecule has 9 atom stereocenters. The Morgan fingerprint density at radius 1 is 0.891 bits per heavy atom. The number of nitrogens with one attached hydrogen (secondary N) is 1. The van der Waals surface area contributed by atoms with Gasteiger partial charge in [0.25, 0.3) is 5.56 Å². The number of hydrogen-bond acceptors (Lipinski definition) is 18. The molecule has 0 amide bonds. The van der Waals surface area contributed by atoms with Crippen molar-refractivity contribution in [1.82, 2.24) is 51.3 Å². The third-order valence-electron chi connectivity index (χ3n) is 7.15. The number of nitrogens with zero attached hydrogens (tertiary/aromatic N) is 7. The predicted molar refractivity (Wildman–Crippen MR) is 151 cm³/mol. The number of nitrogen functional groups attached to an aromatic ring is 2. The second kappa shape index (κ2) is 12.3. The number of phosphoric acid groups is 2. The SMILES string of the molecule is N.N.Nc1nc2c(ncn2[C@@H]2O[C@@H]3COP(=O)(O)O[C@H]4[C@H](F)[C@H](n5cnc6c(N)ncnc65)O[C@@H]4COP(=O)(O)O[C@@H]2C3)c(=O)[nH]1. The second-order valence-electron chi connectivity index (χ2n) is 9.99. The molecular weight excluding hydrogens is 665 g/mol. The number of ether oxygens (including phenoxy) is 2. The van der Waals surface area contributed by atoms with Gasteiger partial charge in [-0.15, -0.1) is 0 Å². The lowest BCUT2D eigenvalue weighted by Gasteiger charge is -2.25. The van der Waals surface area contributed by atoms with Crippen molar-refractivity contribution in [2.45, 2.75) is 49.5 Å². The fourth-order valence-electron chi connectivity index (χ4n) is 5.26. The van der Waals surface area contributed by atoms with E-state index in [2.05, 4.69) is 29.9 Å². The number of H-pyrrole nitrogens is 1. The third kappa shape index (κ3) is 6.01. The average Bonchev–Trinajstić information content (AvgIpc) is 3.72. The van der Waals surface area contributed by atoms with E-state index >= 15 is 4.39 Å². The number of anilines is 2. The highest BCUT2D eigenvalue weighted by Crippen LogP contribution is 2.54. The summed E-state index contributed by atoms with van der Waals surface area (Å²) in [6.45, 7) is -1.42. The molecule has 3 aliphatic heterocycles. The number of phosphoric ester groups is 2. The van der Waals surface area contributed by atoms with E-state index in [1.54, 1.807) is 0 Å². The van der Waals surface area contributed by atoms with Crippen molar-refractivity contribution in [2.75, 3.05) is 24.7 Å². The summed E-state index contributed by atoms with van der Waals surface area (Å²) < 4.78 is 76.9. The van der Waals surface area contributed by atoms with Crippen LogP contribution in [0.15, 0.2) is 23.8 Å². The van der Waals surface area contributed by atoms with Gasteiger partial charge in [-0.1, -0.05) is 0 Å². The second-order valence-corrected chi connectivity index (χ2v) is 12.8. The molecule has 3 saturated heterocycles. The first-order chi connectivity index (χ1) is 20.9. The molecule has 2 bridgehead atoms. The van der Waals surface area contributed by atoms with E-state index in [0.717, 1.165) is 10.9 Å². The fraction of sp³-hybridized carbons (Fsp3) is 0.500. The minimum absolute atomic E-state index is 0. The number of hydrogen-bond donors (Lipinski definition) is 7. The van der Waals surface area contributed by atoms with Gasteiger partial charge in [0.05, 0.1) is 32.0 Å². The molecule has 4 aromatic heterocycles. The average molecular weight is 694 g/mol. The van der Waals surface area contributed by atoms with Gasteiger partial charge in [-0.25, -0.2) is 33.5 Å². The normalized spacial score (nSPS) is 35.0. The van der Waals surface area contributed by atoms with Crippen molar-refractivity contribution in [3.8, 4) is 0 Å². The highest BCUT2D eigenvalue weighted by atomic mass is 31.2. The minimum Gasteiger partial charge on any atom is -0.382 e. The number of rotatable bonds is 2. The van der Waals surface area contributed by atoms with Crippen LogP contribution in [0.25, 0.3) is 22.3 Å². The third-order valence-corrected chi connectivity index (χ3v) is 9.14. The van der Waals surface area contributed by atoms with E-state index in [4.69, 9.17) is 39.0 Å². The first-order valence-electron chi connectivity index (χ1n) is 12.8. The van der Waals surface area contributed by atoms with E-state index in [0.29, 0.717) is 0 Å². The number of halogens is 1. The van der Waals surface area contributed by atoms with Crippen LogP contribution in [-0.2, 0) is 36.7 Å². The molecule has 46 heavy (non-hydrogen) atoms. The zero-order chi connectivity index (χ0) is 31.0. The summed E-state index contributed by atoms with van der Waals surface area (Å²) in [4.78, 5) is 55.7. The van der Waals surface area contributed by atoms with E-state index in [1.807, 2.05) is 0 Å². The van der Waals surface area contributed by atoms with E-state index < -0.39 is 77.5 Å². The Hall–Kier alpha value is -3.51. The lowest BCUT2D eigenvalue weighted by Crippen LogP contribution is -2.34. The van der Waals surface area contributed by atoms with Crippen LogP contribution in [0.5, 0.6) is 0 Å². The predicted octanol–water partition coefficient (Wildman–Crippen LogP) is -0.0111. The van der Waals surface area contributed by atoms with Crippen LogP contribution in [0.1, 0.15) is 18.9 Å². The number of fused-ring (bicyclic) bond motifs is 5. The summed E-state index contributed by atoms with van der Waals surface area (Å²) in [5.41, 5.74) is 10.9. The van der Waals surface area contributed by atoms with Crippen LogP contribution < -0.4 is 29.3 Å². The monoisotopic (exact) mass is 694 g/mol. The molecule has 0 spiro atoms. The van der Waals surface area contributed by atoms with Gasteiger partial charge in [0.15, 0.2) is 41.3 Å². The number of alkyl halides is 1. The Balaban J connectivity index is 0.00000208. The van der Waals surface area contributed by atoms with Crippen molar-refractivity contribution < 1.29 is 50.9 Å². The molecule has 13 N–H and O–H groups in total. The number of aromatic amines is 1. The smallest absolute Gasteiger partial charge is 0.382 e. The van der Waals surface area contributed by atoms with Crippen LogP contribution in [0.3, 0.4) is 0 Å². The Labute approximate surface area is 255 Å². The number of nitrogens with two attached hydrogens (primary N) is 2. The lowest BCUT2D eigenvalue weighted by atomic mass is 10.1. The van der Waals surface area contributed by atoms with Gasteiger partial charge < -0.3 is 43.0 Å². The maximum Gasteiger partial charge on any atom is 0.472 e. The summed E-state index contributed by atoms with van der Waals surface area (Å²) >= 11 is 0. The maximum atomic E-state index is 15.9. The van der Waals surface area contributed by atoms with Crippen molar-refractivity contribution >= 4 is 49.7 Å². The summed E-state index contributed by atoms with van der Waals surface area (Å²) in [5, 5.41) is 0.